The summed E-state index contributed by atoms with van der Waals surface area (Å²) in [5.41, 5.74) is 0.346. The molecule has 2 rings (SSSR count). The molecule has 0 spiro atoms. The van der Waals surface area contributed by atoms with Gasteiger partial charge >= 0.3 is 5.97 Å². The van der Waals surface area contributed by atoms with Crippen molar-refractivity contribution in [2.75, 3.05) is 26.3 Å². The number of hydrogen-bond donors (Lipinski definition) is 2. The Hall–Kier alpha value is -2.74. The van der Waals surface area contributed by atoms with Crippen LogP contribution in [-0.2, 0) is 14.3 Å². The number of nitrogens with one attached hydrogen (secondary N) is 1. The monoisotopic (exact) mass is 378 g/mol. The maximum Gasteiger partial charge on any atom is 0.328 e. The van der Waals surface area contributed by atoms with E-state index < -0.39 is 29.7 Å². The maximum absolute atomic E-state index is 13.0. The maximum atomic E-state index is 13.0. The van der Waals surface area contributed by atoms with Crippen molar-refractivity contribution in [3.8, 4) is 0 Å². The number of hydrogen-bond acceptors (Lipinski definition) is 4. The summed E-state index contributed by atoms with van der Waals surface area (Å²) in [4.78, 5) is 37.8. The van der Waals surface area contributed by atoms with Gasteiger partial charge in [0.2, 0.25) is 5.91 Å². The highest BCUT2D eigenvalue weighted by Crippen LogP contribution is 2.19. The Morgan fingerprint density at radius 1 is 1.37 bits per heavy atom. The summed E-state index contributed by atoms with van der Waals surface area (Å²) in [5.74, 6) is -2.84. The Labute approximate surface area is 156 Å². The van der Waals surface area contributed by atoms with Gasteiger partial charge in [-0.3, -0.25) is 9.59 Å². The van der Waals surface area contributed by atoms with Crippen LogP contribution in [0.1, 0.15) is 23.2 Å². The first-order chi connectivity index (χ1) is 12.9. The van der Waals surface area contributed by atoms with Crippen LogP contribution in [0.3, 0.4) is 0 Å². The number of ether oxygens (including phenoxy) is 1. The first-order valence-corrected chi connectivity index (χ1v) is 8.69. The second kappa shape index (κ2) is 9.82. The number of likely N-dealkylation sites (tertiary alicyclic amines) is 1. The SMILES string of the molecule is C=CCOCC(NC(=O)C1CCCN(C(=O)c2ccc(F)cc2)C1)C(=O)O. The molecular formula is C19H23FN2O5. The molecule has 2 amide bonds. The lowest BCUT2D eigenvalue weighted by Crippen LogP contribution is -2.50. The van der Waals surface area contributed by atoms with Gasteiger partial charge in [0, 0.05) is 18.7 Å². The first kappa shape index (κ1) is 20.6. The number of carboxylic acid groups (broad SMARTS) is 1. The van der Waals surface area contributed by atoms with Gasteiger partial charge in [0.25, 0.3) is 5.91 Å². The Bertz CT molecular complexity index is 692. The third kappa shape index (κ3) is 5.89. The van der Waals surface area contributed by atoms with E-state index in [0.29, 0.717) is 24.9 Å². The smallest absolute Gasteiger partial charge is 0.328 e. The minimum absolute atomic E-state index is 0.169. The quantitative estimate of drug-likeness (QED) is 0.527. The summed E-state index contributed by atoms with van der Waals surface area (Å²) in [6, 6.07) is 4.06. The number of amides is 2. The van der Waals surface area contributed by atoms with Crippen LogP contribution in [0.5, 0.6) is 0 Å². The molecule has 1 aromatic carbocycles. The lowest BCUT2D eigenvalue weighted by Gasteiger charge is -2.32. The topological polar surface area (TPSA) is 95.9 Å². The molecule has 27 heavy (non-hydrogen) atoms. The van der Waals surface area contributed by atoms with Crippen molar-refractivity contribution in [1.29, 1.82) is 0 Å². The van der Waals surface area contributed by atoms with Gasteiger partial charge < -0.3 is 20.1 Å². The van der Waals surface area contributed by atoms with E-state index in [2.05, 4.69) is 11.9 Å². The number of benzene rings is 1. The van der Waals surface area contributed by atoms with E-state index in [1.54, 1.807) is 0 Å². The molecule has 2 atom stereocenters. The molecule has 1 aliphatic heterocycles. The van der Waals surface area contributed by atoms with Gasteiger partial charge in [-0.2, -0.15) is 0 Å². The van der Waals surface area contributed by atoms with Crippen LogP contribution in [0.4, 0.5) is 4.39 Å². The van der Waals surface area contributed by atoms with Gasteiger partial charge in [-0.25, -0.2) is 9.18 Å². The summed E-state index contributed by atoms with van der Waals surface area (Å²) in [6.45, 7) is 4.16. The second-order valence-electron chi connectivity index (χ2n) is 6.32. The van der Waals surface area contributed by atoms with E-state index in [-0.39, 0.29) is 25.7 Å². The molecule has 1 fully saturated rings. The third-order valence-electron chi connectivity index (χ3n) is 4.31. The zero-order chi connectivity index (χ0) is 19.8. The number of aliphatic carboxylic acids is 1. The van der Waals surface area contributed by atoms with Crippen molar-refractivity contribution in [1.82, 2.24) is 10.2 Å². The average molecular weight is 378 g/mol. The van der Waals surface area contributed by atoms with Gasteiger partial charge in [-0.05, 0) is 37.1 Å². The van der Waals surface area contributed by atoms with Crippen LogP contribution in [-0.4, -0.2) is 60.1 Å². The summed E-state index contributed by atoms with van der Waals surface area (Å²) in [5, 5.41) is 11.7. The number of carbonyl (C=O) groups is 3. The number of carboxylic acids is 1. The molecular weight excluding hydrogens is 355 g/mol. The number of nitrogens with zero attached hydrogens (tertiary/aromatic N) is 1. The number of halogens is 1. The van der Waals surface area contributed by atoms with Crippen LogP contribution in [0.25, 0.3) is 0 Å². The highest BCUT2D eigenvalue weighted by Gasteiger charge is 2.31. The first-order valence-electron chi connectivity index (χ1n) is 8.69. The van der Waals surface area contributed by atoms with Crippen molar-refractivity contribution >= 4 is 17.8 Å². The third-order valence-corrected chi connectivity index (χ3v) is 4.31. The molecule has 8 heteroatoms. The highest BCUT2D eigenvalue weighted by molar-refractivity contribution is 5.94. The van der Waals surface area contributed by atoms with Crippen molar-refractivity contribution in [3.05, 3.63) is 48.3 Å². The van der Waals surface area contributed by atoms with Crippen molar-refractivity contribution in [2.24, 2.45) is 5.92 Å². The van der Waals surface area contributed by atoms with Crippen LogP contribution in [0.2, 0.25) is 0 Å². The molecule has 0 aromatic heterocycles. The lowest BCUT2D eigenvalue weighted by molar-refractivity contribution is -0.144. The van der Waals surface area contributed by atoms with Crippen LogP contribution in [0.15, 0.2) is 36.9 Å². The zero-order valence-electron chi connectivity index (χ0n) is 14.9. The fraction of sp³-hybridized carbons (Fsp3) is 0.421. The number of piperidine rings is 1. The van der Waals surface area contributed by atoms with Crippen molar-refractivity contribution in [3.63, 3.8) is 0 Å². The molecule has 0 saturated carbocycles. The van der Waals surface area contributed by atoms with Crippen LogP contribution in [0, 0.1) is 11.7 Å². The summed E-state index contributed by atoms with van der Waals surface area (Å²) >= 11 is 0. The molecule has 1 heterocycles. The van der Waals surface area contributed by atoms with E-state index in [1.165, 1.54) is 35.2 Å². The summed E-state index contributed by atoms with van der Waals surface area (Å²) in [6.07, 6.45) is 2.66. The fourth-order valence-electron chi connectivity index (χ4n) is 2.88. The standard InChI is InChI=1S/C19H23FN2O5/c1-2-10-27-12-16(19(25)26)21-17(23)14-4-3-9-22(11-14)18(24)13-5-7-15(20)8-6-13/h2,5-8,14,16H,1,3-4,9-12H2,(H,21,23)(H,25,26). The van der Waals surface area contributed by atoms with E-state index in [9.17, 15) is 23.9 Å². The molecule has 146 valence electrons. The lowest BCUT2D eigenvalue weighted by atomic mass is 9.96. The van der Waals surface area contributed by atoms with Crippen LogP contribution >= 0.6 is 0 Å². The van der Waals surface area contributed by atoms with Gasteiger partial charge in [0.1, 0.15) is 5.82 Å². The average Bonchev–Trinajstić information content (AvgIpc) is 2.67. The second-order valence-corrected chi connectivity index (χ2v) is 6.32. The largest absolute Gasteiger partial charge is 0.480 e. The zero-order valence-corrected chi connectivity index (χ0v) is 14.9. The Kier molecular flexibility index (Phi) is 7.48. The van der Waals surface area contributed by atoms with Crippen LogP contribution < -0.4 is 5.32 Å². The normalized spacial score (nSPS) is 17.8. The molecule has 1 aromatic rings. The predicted molar refractivity (Wildman–Crippen MR) is 95.6 cm³/mol. The van der Waals surface area contributed by atoms with Gasteiger partial charge in [-0.1, -0.05) is 6.08 Å². The van der Waals surface area contributed by atoms with Gasteiger partial charge in [0.15, 0.2) is 6.04 Å². The van der Waals surface area contributed by atoms with Gasteiger partial charge in [0.05, 0.1) is 19.1 Å². The fourth-order valence-corrected chi connectivity index (χ4v) is 2.88. The minimum atomic E-state index is -1.19. The molecule has 0 bridgehead atoms. The van der Waals surface area contributed by atoms with Gasteiger partial charge in [-0.15, -0.1) is 6.58 Å². The minimum Gasteiger partial charge on any atom is -0.480 e. The number of carbonyl (C=O) groups excluding carboxylic acids is 2. The summed E-state index contributed by atoms with van der Waals surface area (Å²) < 4.78 is 18.1. The highest BCUT2D eigenvalue weighted by atomic mass is 19.1. The Balaban J connectivity index is 1.96. The molecule has 2 N–H and O–H groups in total. The van der Waals surface area contributed by atoms with E-state index in [0.717, 1.165) is 0 Å². The molecule has 1 saturated heterocycles. The van der Waals surface area contributed by atoms with Crippen molar-refractivity contribution in [2.45, 2.75) is 18.9 Å². The predicted octanol–water partition coefficient (Wildman–Crippen LogP) is 1.45. The van der Waals surface area contributed by atoms with E-state index in [1.807, 2.05) is 0 Å². The molecule has 0 radical (unpaired) electrons. The molecule has 2 unspecified atom stereocenters. The van der Waals surface area contributed by atoms with E-state index >= 15 is 0 Å². The Morgan fingerprint density at radius 3 is 2.70 bits per heavy atom. The van der Waals surface area contributed by atoms with E-state index in [4.69, 9.17) is 4.74 Å². The van der Waals surface area contributed by atoms with Crippen molar-refractivity contribution < 1.29 is 28.6 Å². The molecule has 1 aliphatic rings. The molecule has 7 nitrogen and oxygen atoms in total. The number of rotatable bonds is 8. The molecule has 0 aliphatic carbocycles. The summed E-state index contributed by atoms with van der Waals surface area (Å²) in [7, 11) is 0. The Morgan fingerprint density at radius 2 is 2.07 bits per heavy atom.